The van der Waals surface area contributed by atoms with E-state index < -0.39 is 5.91 Å². The van der Waals surface area contributed by atoms with Crippen LogP contribution in [-0.2, 0) is 10.2 Å². The normalized spacial score (nSPS) is 17.4. The Labute approximate surface area is 169 Å². The minimum Gasteiger partial charge on any atom is -0.340 e. The molecule has 2 aromatic carbocycles. The lowest BCUT2D eigenvalue weighted by Crippen LogP contribution is -2.39. The van der Waals surface area contributed by atoms with Crippen molar-refractivity contribution >= 4 is 40.5 Å². The molecule has 0 bridgehead atoms. The van der Waals surface area contributed by atoms with E-state index in [4.69, 9.17) is 28.4 Å². The molecule has 142 valence electrons. The highest BCUT2D eigenvalue weighted by Crippen LogP contribution is 2.56. The molecule has 1 amide bonds. The van der Waals surface area contributed by atoms with E-state index in [-0.39, 0.29) is 11.8 Å². The number of hydrogen-bond donors (Lipinski definition) is 2. The monoisotopic (exact) mass is 404 g/mol. The van der Waals surface area contributed by atoms with Crippen LogP contribution in [0.2, 0.25) is 10.0 Å². The van der Waals surface area contributed by atoms with Gasteiger partial charge in [0.2, 0.25) is 5.91 Å². The molecule has 1 aliphatic heterocycles. The van der Waals surface area contributed by atoms with Gasteiger partial charge in [0.25, 0.3) is 0 Å². The van der Waals surface area contributed by atoms with Crippen molar-refractivity contribution in [1.82, 2.24) is 5.48 Å². The minimum atomic E-state index is -0.404. The summed E-state index contributed by atoms with van der Waals surface area (Å²) in [5.41, 5.74) is 6.23. The third-order valence-corrected chi connectivity index (χ3v) is 6.39. The van der Waals surface area contributed by atoms with Crippen LogP contribution in [-0.4, -0.2) is 17.7 Å². The zero-order valence-corrected chi connectivity index (χ0v) is 16.5. The molecule has 0 saturated heterocycles. The summed E-state index contributed by atoms with van der Waals surface area (Å²) in [5.74, 6) is -0.404. The molecule has 0 aromatic heterocycles. The zero-order chi connectivity index (χ0) is 19.0. The van der Waals surface area contributed by atoms with Gasteiger partial charge < -0.3 is 4.90 Å². The standard InChI is InChI=1S/C21H22Cl2N2O2/c22-14-4-6-18-16(12-14)21(9-2-1-3-10-21)17-13-15(23)5-7-19(17)25(18)11-8-20(26)24-27/h4-7,12-13,27H,1-3,8-11H2,(H,24,26). The van der Waals surface area contributed by atoms with Crippen LogP contribution in [0.15, 0.2) is 36.4 Å². The van der Waals surface area contributed by atoms with Gasteiger partial charge in [-0.25, -0.2) is 5.48 Å². The first-order valence-corrected chi connectivity index (χ1v) is 10.1. The molecule has 0 radical (unpaired) electrons. The Morgan fingerprint density at radius 1 is 1.00 bits per heavy atom. The summed E-state index contributed by atoms with van der Waals surface area (Å²) in [6.07, 6.45) is 5.91. The van der Waals surface area contributed by atoms with Crippen LogP contribution in [0, 0.1) is 0 Å². The van der Waals surface area contributed by atoms with Gasteiger partial charge >= 0.3 is 0 Å². The quantitative estimate of drug-likeness (QED) is 0.517. The molecule has 1 fully saturated rings. The van der Waals surface area contributed by atoms with Gasteiger partial charge in [-0.05, 0) is 60.4 Å². The Bertz CT molecular complexity index is 823. The molecule has 1 heterocycles. The van der Waals surface area contributed by atoms with Crippen molar-refractivity contribution in [2.45, 2.75) is 43.9 Å². The maximum absolute atomic E-state index is 11.7. The number of benzene rings is 2. The second-order valence-electron chi connectivity index (χ2n) is 7.40. The fourth-order valence-corrected chi connectivity index (χ4v) is 5.08. The van der Waals surface area contributed by atoms with Gasteiger partial charge in [-0.15, -0.1) is 0 Å². The number of hydroxylamine groups is 1. The van der Waals surface area contributed by atoms with Gasteiger partial charge in [0, 0.05) is 39.8 Å². The first kappa shape index (κ1) is 18.6. The average molecular weight is 405 g/mol. The fourth-order valence-electron chi connectivity index (χ4n) is 4.73. The number of amides is 1. The average Bonchev–Trinajstić information content (AvgIpc) is 2.69. The van der Waals surface area contributed by atoms with Crippen molar-refractivity contribution in [2.24, 2.45) is 0 Å². The molecule has 2 N–H and O–H groups in total. The van der Waals surface area contributed by atoms with Crippen LogP contribution >= 0.6 is 23.2 Å². The van der Waals surface area contributed by atoms with Crippen molar-refractivity contribution in [3.63, 3.8) is 0 Å². The molecule has 2 aromatic rings. The number of carbonyl (C=O) groups is 1. The highest BCUT2D eigenvalue weighted by molar-refractivity contribution is 6.31. The zero-order valence-electron chi connectivity index (χ0n) is 15.0. The summed E-state index contributed by atoms with van der Waals surface area (Å²) in [7, 11) is 0. The molecule has 6 heteroatoms. The second kappa shape index (κ2) is 7.34. The summed E-state index contributed by atoms with van der Waals surface area (Å²) in [4.78, 5) is 13.8. The number of anilines is 2. The second-order valence-corrected chi connectivity index (χ2v) is 8.28. The summed E-state index contributed by atoms with van der Waals surface area (Å²) in [6, 6.07) is 12.0. The van der Waals surface area contributed by atoms with Crippen LogP contribution in [0.4, 0.5) is 11.4 Å². The summed E-state index contributed by atoms with van der Waals surface area (Å²) in [5, 5.41) is 10.3. The van der Waals surface area contributed by atoms with Crippen molar-refractivity contribution in [3.05, 3.63) is 57.6 Å². The van der Waals surface area contributed by atoms with E-state index in [1.54, 1.807) is 5.48 Å². The Balaban J connectivity index is 1.90. The largest absolute Gasteiger partial charge is 0.340 e. The number of carbonyl (C=O) groups excluding carboxylic acids is 1. The van der Waals surface area contributed by atoms with Crippen LogP contribution in [0.25, 0.3) is 0 Å². The molecule has 0 unspecified atom stereocenters. The number of rotatable bonds is 3. The van der Waals surface area contributed by atoms with Gasteiger partial charge in [0.05, 0.1) is 0 Å². The van der Waals surface area contributed by atoms with E-state index in [9.17, 15) is 4.79 Å². The summed E-state index contributed by atoms with van der Waals surface area (Å²) < 4.78 is 0. The van der Waals surface area contributed by atoms with Gasteiger partial charge in [0.15, 0.2) is 0 Å². The number of nitrogens with one attached hydrogen (secondary N) is 1. The highest BCUT2D eigenvalue weighted by atomic mass is 35.5. The minimum absolute atomic E-state index is 0.0888. The van der Waals surface area contributed by atoms with Gasteiger partial charge in [0.1, 0.15) is 0 Å². The topological polar surface area (TPSA) is 52.6 Å². The van der Waals surface area contributed by atoms with Crippen molar-refractivity contribution in [2.75, 3.05) is 11.4 Å². The molecule has 0 atom stereocenters. The van der Waals surface area contributed by atoms with Gasteiger partial charge in [-0.3, -0.25) is 10.0 Å². The molecule has 1 aliphatic carbocycles. The van der Waals surface area contributed by atoms with Crippen molar-refractivity contribution < 1.29 is 10.0 Å². The third-order valence-electron chi connectivity index (χ3n) is 5.92. The Morgan fingerprint density at radius 3 is 2.07 bits per heavy atom. The number of fused-ring (bicyclic) bond motifs is 4. The lowest BCUT2D eigenvalue weighted by molar-refractivity contribution is -0.128. The molecule has 4 nitrogen and oxygen atoms in total. The van der Waals surface area contributed by atoms with Crippen LogP contribution in [0.5, 0.6) is 0 Å². The maximum Gasteiger partial charge on any atom is 0.245 e. The smallest absolute Gasteiger partial charge is 0.245 e. The van der Waals surface area contributed by atoms with E-state index in [1.807, 2.05) is 24.3 Å². The Hall–Kier alpha value is -1.75. The van der Waals surface area contributed by atoms with Gasteiger partial charge in [-0.1, -0.05) is 42.5 Å². The maximum atomic E-state index is 11.7. The summed E-state index contributed by atoms with van der Waals surface area (Å²) in [6.45, 7) is 0.464. The van der Waals surface area contributed by atoms with E-state index in [0.717, 1.165) is 34.3 Å². The van der Waals surface area contributed by atoms with E-state index in [2.05, 4.69) is 17.0 Å². The van der Waals surface area contributed by atoms with Crippen molar-refractivity contribution in [1.29, 1.82) is 0 Å². The number of nitrogens with zero attached hydrogens (tertiary/aromatic N) is 1. The number of hydrogen-bond acceptors (Lipinski definition) is 3. The highest BCUT2D eigenvalue weighted by Gasteiger charge is 2.44. The lowest BCUT2D eigenvalue weighted by Gasteiger charge is -2.47. The van der Waals surface area contributed by atoms with E-state index in [0.29, 0.717) is 6.54 Å². The van der Waals surface area contributed by atoms with Crippen molar-refractivity contribution in [3.8, 4) is 0 Å². The Morgan fingerprint density at radius 2 is 1.56 bits per heavy atom. The summed E-state index contributed by atoms with van der Waals surface area (Å²) >= 11 is 12.8. The first-order valence-electron chi connectivity index (χ1n) is 9.36. The van der Waals surface area contributed by atoms with Crippen LogP contribution in [0.3, 0.4) is 0 Å². The van der Waals surface area contributed by atoms with E-state index >= 15 is 0 Å². The molecule has 1 spiro atoms. The number of halogens is 2. The lowest BCUT2D eigenvalue weighted by atomic mass is 9.63. The molecule has 27 heavy (non-hydrogen) atoms. The SMILES string of the molecule is O=C(CCN1c2ccc(Cl)cc2C2(CCCCC2)c2cc(Cl)ccc21)NO. The predicted octanol–water partition coefficient (Wildman–Crippen LogP) is 5.59. The molecule has 2 aliphatic rings. The van der Waals surface area contributed by atoms with Crippen LogP contribution < -0.4 is 10.4 Å². The van der Waals surface area contributed by atoms with Crippen LogP contribution in [0.1, 0.15) is 49.7 Å². The fraction of sp³-hybridized carbons (Fsp3) is 0.381. The first-order chi connectivity index (χ1) is 13.0. The Kier molecular flexibility index (Phi) is 5.06. The van der Waals surface area contributed by atoms with E-state index in [1.165, 1.54) is 30.4 Å². The predicted molar refractivity (Wildman–Crippen MR) is 108 cm³/mol. The molecule has 4 rings (SSSR count). The molecular formula is C21H22Cl2N2O2. The molecular weight excluding hydrogens is 383 g/mol. The molecule has 1 saturated carbocycles. The third kappa shape index (κ3) is 3.20. The van der Waals surface area contributed by atoms with Gasteiger partial charge in [-0.2, -0.15) is 0 Å².